The van der Waals surface area contributed by atoms with Crippen LogP contribution in [0.15, 0.2) is 48.5 Å². The molecule has 0 unspecified atom stereocenters. The standard InChI is InChI=1S/C16H16F3NO/c1-20(10-12-5-3-2-4-6-12)15-8-7-13(11-21)9-14(15)16(17,18)19/h2-9,21H,10-11H2,1H3. The Morgan fingerprint density at radius 3 is 2.24 bits per heavy atom. The van der Waals surface area contributed by atoms with Gasteiger partial charge in [0.1, 0.15) is 0 Å². The molecule has 0 radical (unpaired) electrons. The molecule has 112 valence electrons. The van der Waals surface area contributed by atoms with Gasteiger partial charge in [0.2, 0.25) is 0 Å². The molecule has 0 aliphatic heterocycles. The van der Waals surface area contributed by atoms with Gasteiger partial charge in [-0.2, -0.15) is 13.2 Å². The summed E-state index contributed by atoms with van der Waals surface area (Å²) in [6.45, 7) is -0.0336. The van der Waals surface area contributed by atoms with Crippen LogP contribution in [0.25, 0.3) is 0 Å². The molecule has 0 heterocycles. The van der Waals surface area contributed by atoms with Gasteiger partial charge in [-0.1, -0.05) is 36.4 Å². The molecule has 0 saturated carbocycles. The SMILES string of the molecule is CN(Cc1ccccc1)c1ccc(CO)cc1C(F)(F)F. The van der Waals surface area contributed by atoms with Crippen molar-refractivity contribution in [3.63, 3.8) is 0 Å². The Bertz CT molecular complexity index is 596. The Morgan fingerprint density at radius 1 is 1.00 bits per heavy atom. The highest BCUT2D eigenvalue weighted by molar-refractivity contribution is 5.56. The van der Waals surface area contributed by atoms with E-state index >= 15 is 0 Å². The molecule has 0 amide bonds. The van der Waals surface area contributed by atoms with E-state index in [-0.39, 0.29) is 11.3 Å². The monoisotopic (exact) mass is 295 g/mol. The number of halogens is 3. The lowest BCUT2D eigenvalue weighted by atomic mass is 10.1. The molecule has 0 atom stereocenters. The van der Waals surface area contributed by atoms with E-state index in [0.717, 1.165) is 11.6 Å². The second-order valence-corrected chi connectivity index (χ2v) is 4.85. The fourth-order valence-electron chi connectivity index (χ4n) is 2.18. The number of benzene rings is 2. The maximum Gasteiger partial charge on any atom is 0.418 e. The number of alkyl halides is 3. The van der Waals surface area contributed by atoms with Gasteiger partial charge in [-0.15, -0.1) is 0 Å². The minimum atomic E-state index is -4.45. The summed E-state index contributed by atoms with van der Waals surface area (Å²) < 4.78 is 39.5. The van der Waals surface area contributed by atoms with Crippen molar-refractivity contribution in [1.29, 1.82) is 0 Å². The zero-order chi connectivity index (χ0) is 15.5. The third kappa shape index (κ3) is 3.76. The zero-order valence-electron chi connectivity index (χ0n) is 11.6. The third-order valence-corrected chi connectivity index (χ3v) is 3.22. The van der Waals surface area contributed by atoms with Gasteiger partial charge in [0.05, 0.1) is 12.2 Å². The molecule has 2 rings (SSSR count). The van der Waals surface area contributed by atoms with Crippen LogP contribution in [0.5, 0.6) is 0 Å². The van der Waals surface area contributed by atoms with Crippen LogP contribution in [0.3, 0.4) is 0 Å². The van der Waals surface area contributed by atoms with E-state index in [4.69, 9.17) is 5.11 Å². The van der Waals surface area contributed by atoms with Crippen LogP contribution in [-0.2, 0) is 19.3 Å². The average Bonchev–Trinajstić information content (AvgIpc) is 2.46. The molecule has 2 aromatic rings. The quantitative estimate of drug-likeness (QED) is 0.926. The molecule has 0 aliphatic carbocycles. The van der Waals surface area contributed by atoms with Gasteiger partial charge in [-0.05, 0) is 23.3 Å². The van der Waals surface area contributed by atoms with Crippen molar-refractivity contribution in [2.75, 3.05) is 11.9 Å². The van der Waals surface area contributed by atoms with Gasteiger partial charge in [-0.3, -0.25) is 0 Å². The highest BCUT2D eigenvalue weighted by Crippen LogP contribution is 2.37. The van der Waals surface area contributed by atoms with Crippen LogP contribution in [0.4, 0.5) is 18.9 Å². The fraction of sp³-hybridized carbons (Fsp3) is 0.250. The van der Waals surface area contributed by atoms with Crippen LogP contribution in [0.2, 0.25) is 0 Å². The van der Waals surface area contributed by atoms with Gasteiger partial charge in [-0.25, -0.2) is 0 Å². The molecule has 0 aromatic heterocycles. The normalized spacial score (nSPS) is 11.5. The number of nitrogens with zero attached hydrogens (tertiary/aromatic N) is 1. The van der Waals surface area contributed by atoms with E-state index in [9.17, 15) is 13.2 Å². The Balaban J connectivity index is 2.34. The Hall–Kier alpha value is -2.01. The lowest BCUT2D eigenvalue weighted by molar-refractivity contribution is -0.137. The van der Waals surface area contributed by atoms with Crippen LogP contribution >= 0.6 is 0 Å². The lowest BCUT2D eigenvalue weighted by Gasteiger charge is -2.24. The molecule has 2 nitrogen and oxygen atoms in total. The molecule has 1 N–H and O–H groups in total. The topological polar surface area (TPSA) is 23.5 Å². The molecule has 0 bridgehead atoms. The van der Waals surface area contributed by atoms with Crippen molar-refractivity contribution in [1.82, 2.24) is 0 Å². The predicted octanol–water partition coefficient (Wildman–Crippen LogP) is 3.83. The summed E-state index contributed by atoms with van der Waals surface area (Å²) >= 11 is 0. The van der Waals surface area contributed by atoms with E-state index in [1.807, 2.05) is 30.3 Å². The molecule has 0 spiro atoms. The zero-order valence-corrected chi connectivity index (χ0v) is 11.6. The smallest absolute Gasteiger partial charge is 0.392 e. The third-order valence-electron chi connectivity index (χ3n) is 3.22. The van der Waals surface area contributed by atoms with Crippen LogP contribution in [-0.4, -0.2) is 12.2 Å². The number of hydrogen-bond donors (Lipinski definition) is 1. The van der Waals surface area contributed by atoms with Gasteiger partial charge < -0.3 is 10.0 Å². The van der Waals surface area contributed by atoms with Crippen molar-refractivity contribution in [2.24, 2.45) is 0 Å². The number of aliphatic hydroxyl groups is 1. The molecule has 5 heteroatoms. The molecule has 0 saturated heterocycles. The van der Waals surface area contributed by atoms with Crippen molar-refractivity contribution < 1.29 is 18.3 Å². The maximum atomic E-state index is 13.2. The second-order valence-electron chi connectivity index (χ2n) is 4.85. The van der Waals surface area contributed by atoms with E-state index in [2.05, 4.69) is 0 Å². The van der Waals surface area contributed by atoms with E-state index in [1.54, 1.807) is 11.9 Å². The molecular formula is C16H16F3NO. The predicted molar refractivity (Wildman–Crippen MR) is 75.9 cm³/mol. The lowest BCUT2D eigenvalue weighted by Crippen LogP contribution is -2.21. The first-order valence-corrected chi connectivity index (χ1v) is 6.48. The Morgan fingerprint density at radius 2 is 1.67 bits per heavy atom. The summed E-state index contributed by atoms with van der Waals surface area (Å²) in [5.41, 5.74) is 0.551. The first-order valence-electron chi connectivity index (χ1n) is 6.48. The molecule has 21 heavy (non-hydrogen) atoms. The van der Waals surface area contributed by atoms with Crippen molar-refractivity contribution in [3.8, 4) is 0 Å². The minimum Gasteiger partial charge on any atom is -0.392 e. The van der Waals surface area contributed by atoms with E-state index < -0.39 is 18.3 Å². The summed E-state index contributed by atoms with van der Waals surface area (Å²) in [5, 5.41) is 9.01. The van der Waals surface area contributed by atoms with Crippen molar-refractivity contribution >= 4 is 5.69 Å². The fourth-order valence-corrected chi connectivity index (χ4v) is 2.18. The number of aliphatic hydroxyl groups excluding tert-OH is 1. The number of rotatable bonds is 4. The second kappa shape index (κ2) is 6.18. The number of anilines is 1. The molecule has 2 aromatic carbocycles. The highest BCUT2D eigenvalue weighted by atomic mass is 19.4. The average molecular weight is 295 g/mol. The van der Waals surface area contributed by atoms with Crippen molar-refractivity contribution in [3.05, 3.63) is 65.2 Å². The van der Waals surface area contributed by atoms with Gasteiger partial charge >= 0.3 is 6.18 Å². The van der Waals surface area contributed by atoms with E-state index in [0.29, 0.717) is 6.54 Å². The van der Waals surface area contributed by atoms with Gasteiger partial charge in [0, 0.05) is 19.3 Å². The maximum absolute atomic E-state index is 13.2. The van der Waals surface area contributed by atoms with E-state index in [1.165, 1.54) is 12.1 Å². The summed E-state index contributed by atoms with van der Waals surface area (Å²) in [5.74, 6) is 0. The van der Waals surface area contributed by atoms with Crippen LogP contribution in [0, 0.1) is 0 Å². The first-order chi connectivity index (χ1) is 9.91. The van der Waals surface area contributed by atoms with Crippen LogP contribution < -0.4 is 4.90 Å². The van der Waals surface area contributed by atoms with Crippen molar-refractivity contribution in [2.45, 2.75) is 19.3 Å². The van der Waals surface area contributed by atoms with Gasteiger partial charge in [0.15, 0.2) is 0 Å². The minimum absolute atomic E-state index is 0.101. The molecular weight excluding hydrogens is 279 g/mol. The first kappa shape index (κ1) is 15.4. The highest BCUT2D eigenvalue weighted by Gasteiger charge is 2.34. The summed E-state index contributed by atoms with van der Waals surface area (Å²) in [6, 6.07) is 13.2. The largest absolute Gasteiger partial charge is 0.418 e. The van der Waals surface area contributed by atoms with Gasteiger partial charge in [0.25, 0.3) is 0 Å². The summed E-state index contributed by atoms with van der Waals surface area (Å²) in [4.78, 5) is 1.55. The molecule has 0 aliphatic rings. The van der Waals surface area contributed by atoms with Crippen LogP contribution in [0.1, 0.15) is 16.7 Å². The summed E-state index contributed by atoms with van der Waals surface area (Å²) in [6.07, 6.45) is -4.45. The molecule has 0 fully saturated rings. The number of hydrogen-bond acceptors (Lipinski definition) is 2. The Labute approximate surface area is 121 Å². The summed E-state index contributed by atoms with van der Waals surface area (Å²) in [7, 11) is 1.62. The Kier molecular flexibility index (Phi) is 4.53.